The summed E-state index contributed by atoms with van der Waals surface area (Å²) in [5.41, 5.74) is 3.05. The quantitative estimate of drug-likeness (QED) is 0.697. The number of nitrogens with one attached hydrogen (secondary N) is 2. The Kier molecular flexibility index (Phi) is 7.61. The Morgan fingerprint density at radius 3 is 2.46 bits per heavy atom. The van der Waals surface area contributed by atoms with Gasteiger partial charge < -0.3 is 15.4 Å². The Balaban J connectivity index is 2.07. The minimum atomic E-state index is -0.306. The third-order valence-corrected chi connectivity index (χ3v) is 4.59. The number of anilines is 1. The van der Waals surface area contributed by atoms with Crippen molar-refractivity contribution in [2.75, 3.05) is 11.9 Å². The van der Waals surface area contributed by atoms with Crippen LogP contribution in [-0.2, 0) is 4.79 Å². The molecule has 0 saturated heterocycles. The van der Waals surface area contributed by atoms with Gasteiger partial charge in [0.15, 0.2) is 6.61 Å². The van der Waals surface area contributed by atoms with E-state index < -0.39 is 0 Å². The summed E-state index contributed by atoms with van der Waals surface area (Å²) in [6.07, 6.45) is 0.836. The molecule has 0 unspecified atom stereocenters. The van der Waals surface area contributed by atoms with Crippen molar-refractivity contribution in [3.63, 3.8) is 0 Å². The van der Waals surface area contributed by atoms with Crippen molar-refractivity contribution < 1.29 is 14.3 Å². The maximum atomic E-state index is 12.5. The van der Waals surface area contributed by atoms with Gasteiger partial charge in [-0.25, -0.2) is 0 Å². The number of hydrogen-bond donors (Lipinski definition) is 2. The molecule has 0 aliphatic rings. The molecule has 0 spiro atoms. The number of carbonyl (C=O) groups excluding carboxylic acids is 2. The first-order valence-corrected chi connectivity index (χ1v) is 9.74. The lowest BCUT2D eigenvalue weighted by Gasteiger charge is -2.16. The number of amides is 2. The van der Waals surface area contributed by atoms with Crippen LogP contribution in [0.15, 0.2) is 42.5 Å². The van der Waals surface area contributed by atoms with E-state index in [4.69, 9.17) is 4.74 Å². The monoisotopic (exact) mass is 382 g/mol. The number of para-hydroxylation sites is 1. The van der Waals surface area contributed by atoms with Gasteiger partial charge in [0.25, 0.3) is 11.8 Å². The van der Waals surface area contributed by atoms with Crippen LogP contribution in [0.4, 0.5) is 5.69 Å². The van der Waals surface area contributed by atoms with Crippen LogP contribution in [0.1, 0.15) is 61.5 Å². The molecule has 2 aromatic carbocycles. The van der Waals surface area contributed by atoms with Crippen molar-refractivity contribution in [2.24, 2.45) is 0 Å². The molecule has 0 heterocycles. The van der Waals surface area contributed by atoms with Crippen molar-refractivity contribution in [1.29, 1.82) is 0 Å². The molecular formula is C23H30N2O3. The second-order valence-electron chi connectivity index (χ2n) is 7.36. The topological polar surface area (TPSA) is 67.4 Å². The van der Waals surface area contributed by atoms with Gasteiger partial charge in [-0.15, -0.1) is 0 Å². The summed E-state index contributed by atoms with van der Waals surface area (Å²) < 4.78 is 5.78. The van der Waals surface area contributed by atoms with Crippen LogP contribution in [0.25, 0.3) is 0 Å². The van der Waals surface area contributed by atoms with E-state index in [1.165, 1.54) is 0 Å². The van der Waals surface area contributed by atoms with Crippen LogP contribution >= 0.6 is 0 Å². The predicted octanol–water partition coefficient (Wildman–Crippen LogP) is 4.66. The van der Waals surface area contributed by atoms with E-state index in [-0.39, 0.29) is 24.5 Å². The highest BCUT2D eigenvalue weighted by atomic mass is 16.5. The van der Waals surface area contributed by atoms with Gasteiger partial charge in [0.1, 0.15) is 5.75 Å². The minimum Gasteiger partial charge on any atom is -0.483 e. The highest BCUT2D eigenvalue weighted by molar-refractivity contribution is 6.04. The number of ether oxygens (including phenoxy) is 1. The summed E-state index contributed by atoms with van der Waals surface area (Å²) in [7, 11) is 0. The molecule has 1 atom stereocenters. The standard InChI is InChI=1S/C23H30N2O3/c1-6-17(5)24-23(27)19-9-7-8-10-20(19)25-22(26)14-28-21-13-16(4)11-12-18(21)15(2)3/h7-13,15,17H,6,14H2,1-5H3,(H,24,27)(H,25,26)/t17-/m0/s1. The first-order valence-electron chi connectivity index (χ1n) is 9.74. The molecular weight excluding hydrogens is 352 g/mol. The Bertz CT molecular complexity index is 830. The number of rotatable bonds is 8. The molecule has 0 aliphatic carbocycles. The van der Waals surface area contributed by atoms with E-state index in [0.717, 1.165) is 17.5 Å². The van der Waals surface area contributed by atoms with E-state index in [0.29, 0.717) is 22.9 Å². The third-order valence-electron chi connectivity index (χ3n) is 4.59. The van der Waals surface area contributed by atoms with Crippen LogP contribution in [-0.4, -0.2) is 24.5 Å². The molecule has 0 aliphatic heterocycles. The fourth-order valence-corrected chi connectivity index (χ4v) is 2.77. The van der Waals surface area contributed by atoms with Gasteiger partial charge >= 0.3 is 0 Å². The van der Waals surface area contributed by atoms with Gasteiger partial charge in [-0.05, 0) is 55.5 Å². The normalized spacial score (nSPS) is 11.8. The molecule has 28 heavy (non-hydrogen) atoms. The molecule has 0 bridgehead atoms. The first-order chi connectivity index (χ1) is 13.3. The average Bonchev–Trinajstić information content (AvgIpc) is 2.66. The van der Waals surface area contributed by atoms with E-state index in [2.05, 4.69) is 24.5 Å². The highest BCUT2D eigenvalue weighted by Crippen LogP contribution is 2.27. The Morgan fingerprint density at radius 1 is 1.07 bits per heavy atom. The van der Waals surface area contributed by atoms with Gasteiger partial charge in [-0.1, -0.05) is 45.0 Å². The molecule has 0 aromatic heterocycles. The molecule has 2 N–H and O–H groups in total. The maximum absolute atomic E-state index is 12.5. The van der Waals surface area contributed by atoms with E-state index in [1.807, 2.05) is 39.0 Å². The molecule has 150 valence electrons. The fourth-order valence-electron chi connectivity index (χ4n) is 2.77. The van der Waals surface area contributed by atoms with Gasteiger partial charge in [-0.2, -0.15) is 0 Å². The number of hydrogen-bond acceptors (Lipinski definition) is 3. The van der Waals surface area contributed by atoms with Crippen LogP contribution in [0.3, 0.4) is 0 Å². The highest BCUT2D eigenvalue weighted by Gasteiger charge is 2.15. The van der Waals surface area contributed by atoms with Crippen LogP contribution in [0.2, 0.25) is 0 Å². The SMILES string of the molecule is CC[C@H](C)NC(=O)c1ccccc1NC(=O)COc1cc(C)ccc1C(C)C. The molecule has 0 fully saturated rings. The van der Waals surface area contributed by atoms with Crippen molar-refractivity contribution >= 4 is 17.5 Å². The second-order valence-corrected chi connectivity index (χ2v) is 7.36. The minimum absolute atomic E-state index is 0.0652. The molecule has 2 rings (SSSR count). The van der Waals surface area contributed by atoms with Crippen molar-refractivity contribution in [3.8, 4) is 5.75 Å². The number of aryl methyl sites for hydroxylation is 1. The lowest BCUT2D eigenvalue weighted by atomic mass is 10.0. The van der Waals surface area contributed by atoms with Crippen molar-refractivity contribution in [1.82, 2.24) is 5.32 Å². The van der Waals surface area contributed by atoms with E-state index >= 15 is 0 Å². The molecule has 0 radical (unpaired) electrons. The third kappa shape index (κ3) is 5.84. The summed E-state index contributed by atoms with van der Waals surface area (Å²) in [5, 5.41) is 5.71. The van der Waals surface area contributed by atoms with Crippen molar-refractivity contribution in [3.05, 3.63) is 59.2 Å². The zero-order valence-electron chi connectivity index (χ0n) is 17.3. The predicted molar refractivity (Wildman–Crippen MR) is 113 cm³/mol. The van der Waals surface area contributed by atoms with Crippen LogP contribution in [0.5, 0.6) is 5.75 Å². The maximum Gasteiger partial charge on any atom is 0.262 e. The van der Waals surface area contributed by atoms with Gasteiger partial charge in [0.2, 0.25) is 0 Å². The van der Waals surface area contributed by atoms with E-state index in [1.54, 1.807) is 24.3 Å². The molecule has 5 nitrogen and oxygen atoms in total. The summed E-state index contributed by atoms with van der Waals surface area (Å²) in [6, 6.07) is 13.1. The van der Waals surface area contributed by atoms with Crippen LogP contribution in [0, 0.1) is 6.92 Å². The number of carbonyl (C=O) groups is 2. The summed E-state index contributed by atoms with van der Waals surface area (Å²) in [5.74, 6) is 0.503. The van der Waals surface area contributed by atoms with Gasteiger partial charge in [0, 0.05) is 6.04 Å². The zero-order chi connectivity index (χ0) is 20.7. The van der Waals surface area contributed by atoms with E-state index in [9.17, 15) is 9.59 Å². The second kappa shape index (κ2) is 9.93. The zero-order valence-corrected chi connectivity index (χ0v) is 17.3. The lowest BCUT2D eigenvalue weighted by molar-refractivity contribution is -0.118. The average molecular weight is 383 g/mol. The van der Waals surface area contributed by atoms with Crippen LogP contribution < -0.4 is 15.4 Å². The molecule has 2 amide bonds. The molecule has 5 heteroatoms. The molecule has 2 aromatic rings. The first kappa shape index (κ1) is 21.5. The Labute approximate surface area is 167 Å². The number of benzene rings is 2. The molecule has 0 saturated carbocycles. The largest absolute Gasteiger partial charge is 0.483 e. The summed E-state index contributed by atoms with van der Waals surface area (Å²) in [4.78, 5) is 24.9. The fraction of sp³-hybridized carbons (Fsp3) is 0.391. The lowest BCUT2D eigenvalue weighted by Crippen LogP contribution is -2.33. The van der Waals surface area contributed by atoms with Gasteiger partial charge in [-0.3, -0.25) is 9.59 Å². The smallest absolute Gasteiger partial charge is 0.262 e. The van der Waals surface area contributed by atoms with Gasteiger partial charge in [0.05, 0.1) is 11.3 Å². The summed E-state index contributed by atoms with van der Waals surface area (Å²) in [6.45, 7) is 9.99. The van der Waals surface area contributed by atoms with Crippen molar-refractivity contribution in [2.45, 2.75) is 53.0 Å². The Morgan fingerprint density at radius 2 is 1.79 bits per heavy atom. The summed E-state index contributed by atoms with van der Waals surface area (Å²) >= 11 is 0. The Hall–Kier alpha value is -2.82.